The summed E-state index contributed by atoms with van der Waals surface area (Å²) in [4.78, 5) is 4.43. The summed E-state index contributed by atoms with van der Waals surface area (Å²) in [7, 11) is 1.93. The van der Waals surface area contributed by atoms with Gasteiger partial charge in [0.05, 0.1) is 27.0 Å². The zero-order valence-corrected chi connectivity index (χ0v) is 22.6. The fraction of sp³-hybridized carbons (Fsp3) is 0.333. The van der Waals surface area contributed by atoms with Crippen LogP contribution in [0, 0.1) is 6.92 Å². The molecule has 0 saturated carbocycles. The number of hydrogen-bond donors (Lipinski definition) is 2. The van der Waals surface area contributed by atoms with Gasteiger partial charge in [0.1, 0.15) is 34.2 Å². The van der Waals surface area contributed by atoms with Crippen molar-refractivity contribution in [3.8, 4) is 34.6 Å². The summed E-state index contributed by atoms with van der Waals surface area (Å²) in [5.41, 5.74) is 1.70. The minimum atomic E-state index is -4.21. The van der Waals surface area contributed by atoms with E-state index in [-0.39, 0.29) is 17.5 Å². The minimum absolute atomic E-state index is 0.163. The van der Waals surface area contributed by atoms with Gasteiger partial charge in [-0.2, -0.15) is 5.10 Å². The van der Waals surface area contributed by atoms with Crippen molar-refractivity contribution in [1.82, 2.24) is 29.5 Å². The molecule has 38 heavy (non-hydrogen) atoms. The molecule has 0 fully saturated rings. The molecule has 2 atom stereocenters. The number of hydrogen-bond acceptors (Lipinski definition) is 10. The predicted molar refractivity (Wildman–Crippen MR) is 139 cm³/mol. The Morgan fingerprint density at radius 3 is 2.24 bits per heavy atom. The van der Waals surface area contributed by atoms with Crippen LogP contribution in [0.15, 0.2) is 42.5 Å². The van der Waals surface area contributed by atoms with Crippen LogP contribution in [0.4, 0.5) is 5.95 Å². The Bertz CT molecular complexity index is 1510. The molecule has 1 aromatic carbocycles. The smallest absolute Gasteiger partial charge is 0.243 e. The van der Waals surface area contributed by atoms with E-state index in [0.717, 1.165) is 5.69 Å². The summed E-state index contributed by atoms with van der Waals surface area (Å²) >= 11 is 0. The molecule has 0 aliphatic heterocycles. The molecule has 3 aromatic heterocycles. The van der Waals surface area contributed by atoms with Gasteiger partial charge >= 0.3 is 0 Å². The molecule has 0 aliphatic rings. The fourth-order valence-electron chi connectivity index (χ4n) is 3.80. The Morgan fingerprint density at radius 2 is 1.66 bits per heavy atom. The van der Waals surface area contributed by atoms with E-state index in [2.05, 4.69) is 25.0 Å². The topological polar surface area (TPSA) is 156 Å². The average Bonchev–Trinajstić information content (AvgIpc) is 3.48. The zero-order chi connectivity index (χ0) is 27.6. The molecule has 14 heteroatoms. The summed E-state index contributed by atoms with van der Waals surface area (Å²) < 4.78 is 48.8. The van der Waals surface area contributed by atoms with Crippen molar-refractivity contribution in [1.29, 1.82) is 0 Å². The molecule has 0 aliphatic carbocycles. The molecule has 2 N–H and O–H groups in total. The lowest BCUT2D eigenvalue weighted by Crippen LogP contribution is -2.32. The van der Waals surface area contributed by atoms with Crippen LogP contribution in [0.1, 0.15) is 24.4 Å². The van der Waals surface area contributed by atoms with Crippen molar-refractivity contribution >= 4 is 16.0 Å². The molecular formula is C24H29N7O6S. The highest BCUT2D eigenvalue weighted by atomic mass is 32.2. The van der Waals surface area contributed by atoms with Crippen LogP contribution in [0.3, 0.4) is 0 Å². The van der Waals surface area contributed by atoms with Crippen molar-refractivity contribution in [2.75, 3.05) is 26.1 Å². The zero-order valence-electron chi connectivity index (χ0n) is 21.8. The second-order valence-corrected chi connectivity index (χ2v) is 10.4. The van der Waals surface area contributed by atoms with E-state index in [4.69, 9.17) is 14.2 Å². The van der Waals surface area contributed by atoms with Gasteiger partial charge in [0.15, 0.2) is 5.82 Å². The molecule has 4 aromatic rings. The lowest BCUT2D eigenvalue weighted by atomic mass is 10.2. The minimum Gasteiger partial charge on any atom is -0.494 e. The Labute approximate surface area is 220 Å². The first-order chi connectivity index (χ1) is 18.1. The standard InChI is InChI=1S/C24H29N7O6S/c1-14-13-17(28-30(14)3)22(32)15(2)38(33,34)29-24-27-26-23(16-9-7-12-20(25-16)37-6)31(24)21-18(35-4)10-8-11-19(21)36-5/h7-13,15,22,32H,1-6H3,(H,27,29). The first kappa shape index (κ1) is 26.9. The largest absolute Gasteiger partial charge is 0.494 e. The fourth-order valence-corrected chi connectivity index (χ4v) is 4.85. The number of ether oxygens (including phenoxy) is 3. The van der Waals surface area contributed by atoms with Gasteiger partial charge in [0.2, 0.25) is 21.9 Å². The molecule has 202 valence electrons. The first-order valence-electron chi connectivity index (χ1n) is 11.5. The second kappa shape index (κ2) is 10.7. The Kier molecular flexibility index (Phi) is 7.55. The number of aryl methyl sites for hydroxylation is 2. The van der Waals surface area contributed by atoms with E-state index in [0.29, 0.717) is 28.8 Å². The van der Waals surface area contributed by atoms with Gasteiger partial charge in [0.25, 0.3) is 0 Å². The number of aromatic nitrogens is 6. The maximum Gasteiger partial charge on any atom is 0.243 e. The monoisotopic (exact) mass is 543 g/mol. The van der Waals surface area contributed by atoms with Crippen LogP contribution in [0.2, 0.25) is 0 Å². The SMILES string of the molecule is COc1cccc(-c2nnc(NS(=O)(=O)C(C)C(O)c3cc(C)n(C)n3)n2-c2c(OC)cccc2OC)n1. The van der Waals surface area contributed by atoms with E-state index >= 15 is 0 Å². The molecule has 2 unspecified atom stereocenters. The lowest BCUT2D eigenvalue weighted by molar-refractivity contribution is 0.170. The van der Waals surface area contributed by atoms with Crippen molar-refractivity contribution < 1.29 is 27.7 Å². The summed E-state index contributed by atoms with van der Waals surface area (Å²) in [6, 6.07) is 11.8. The van der Waals surface area contributed by atoms with Gasteiger partial charge in [-0.1, -0.05) is 12.1 Å². The molecule has 4 rings (SSSR count). The van der Waals surface area contributed by atoms with Crippen LogP contribution in [0.25, 0.3) is 17.2 Å². The van der Waals surface area contributed by atoms with Gasteiger partial charge in [0, 0.05) is 18.8 Å². The maximum absolute atomic E-state index is 13.5. The number of aliphatic hydroxyl groups is 1. The maximum atomic E-state index is 13.5. The number of pyridine rings is 1. The Balaban J connectivity index is 1.85. The highest BCUT2D eigenvalue weighted by Gasteiger charge is 2.34. The summed E-state index contributed by atoms with van der Waals surface area (Å²) in [5, 5.41) is 22.1. The predicted octanol–water partition coefficient (Wildman–Crippen LogP) is 2.26. The number of methoxy groups -OCH3 is 3. The average molecular weight is 544 g/mol. The van der Waals surface area contributed by atoms with Crippen LogP contribution in [-0.2, 0) is 17.1 Å². The van der Waals surface area contributed by atoms with E-state index in [9.17, 15) is 13.5 Å². The molecule has 13 nitrogen and oxygen atoms in total. The van der Waals surface area contributed by atoms with Crippen molar-refractivity contribution in [2.24, 2.45) is 7.05 Å². The van der Waals surface area contributed by atoms with Crippen LogP contribution >= 0.6 is 0 Å². The first-order valence-corrected chi connectivity index (χ1v) is 13.0. The van der Waals surface area contributed by atoms with Gasteiger partial charge in [-0.25, -0.2) is 13.4 Å². The second-order valence-electron chi connectivity index (χ2n) is 8.39. The molecule has 0 amide bonds. The van der Waals surface area contributed by atoms with Gasteiger partial charge < -0.3 is 19.3 Å². The van der Waals surface area contributed by atoms with E-state index in [1.54, 1.807) is 61.1 Å². The van der Waals surface area contributed by atoms with Gasteiger partial charge in [-0.3, -0.25) is 14.0 Å². The number of para-hydroxylation sites is 1. The molecule has 0 spiro atoms. The number of rotatable bonds is 10. The molecule has 3 heterocycles. The summed E-state index contributed by atoms with van der Waals surface area (Å²) in [6.07, 6.45) is -1.40. The highest BCUT2D eigenvalue weighted by Crippen LogP contribution is 2.38. The molecule has 0 bridgehead atoms. The molecule has 0 saturated heterocycles. The highest BCUT2D eigenvalue weighted by molar-refractivity contribution is 7.93. The van der Waals surface area contributed by atoms with E-state index < -0.39 is 21.4 Å². The van der Waals surface area contributed by atoms with Crippen molar-refractivity contribution in [3.05, 3.63) is 53.9 Å². The van der Waals surface area contributed by atoms with Crippen molar-refractivity contribution in [2.45, 2.75) is 25.2 Å². The normalized spacial score (nSPS) is 13.1. The van der Waals surface area contributed by atoms with E-state index in [1.165, 1.54) is 32.8 Å². The quantitative estimate of drug-likeness (QED) is 0.304. The van der Waals surface area contributed by atoms with Crippen LogP contribution < -0.4 is 18.9 Å². The number of benzene rings is 1. The van der Waals surface area contributed by atoms with Crippen LogP contribution in [-0.4, -0.2) is 69.6 Å². The van der Waals surface area contributed by atoms with Gasteiger partial charge in [-0.05, 0) is 38.1 Å². The summed E-state index contributed by atoms with van der Waals surface area (Å²) in [6.45, 7) is 3.18. The van der Waals surface area contributed by atoms with E-state index in [1.807, 2.05) is 0 Å². The number of aliphatic hydroxyl groups excluding tert-OH is 1. The number of nitrogens with one attached hydrogen (secondary N) is 1. The van der Waals surface area contributed by atoms with Gasteiger partial charge in [-0.15, -0.1) is 10.2 Å². The number of anilines is 1. The van der Waals surface area contributed by atoms with Crippen LogP contribution in [0.5, 0.6) is 17.4 Å². The molecule has 0 radical (unpaired) electrons. The number of nitrogens with zero attached hydrogens (tertiary/aromatic N) is 6. The Morgan fingerprint density at radius 1 is 1.00 bits per heavy atom. The number of sulfonamides is 1. The third kappa shape index (κ3) is 4.99. The Hall–Kier alpha value is -4.17. The lowest BCUT2D eigenvalue weighted by Gasteiger charge is -2.20. The summed E-state index contributed by atoms with van der Waals surface area (Å²) in [5.74, 6) is 1.09. The third-order valence-electron chi connectivity index (χ3n) is 6.05. The van der Waals surface area contributed by atoms with Crippen molar-refractivity contribution in [3.63, 3.8) is 0 Å². The molecular weight excluding hydrogens is 514 g/mol. The third-order valence-corrected chi connectivity index (χ3v) is 7.76.